The molecule has 2 atom stereocenters. The fourth-order valence-electron chi connectivity index (χ4n) is 3.52. The Morgan fingerprint density at radius 1 is 1.28 bits per heavy atom. The topological polar surface area (TPSA) is 29.9 Å². The summed E-state index contributed by atoms with van der Waals surface area (Å²) in [4.78, 5) is 0. The number of hydrogen-bond donors (Lipinski definition) is 1. The van der Waals surface area contributed by atoms with E-state index < -0.39 is 0 Å². The fourth-order valence-corrected chi connectivity index (χ4v) is 3.52. The van der Waals surface area contributed by atoms with Crippen molar-refractivity contribution in [1.29, 1.82) is 0 Å². The van der Waals surface area contributed by atoms with Gasteiger partial charge in [0.2, 0.25) is 0 Å². The van der Waals surface area contributed by atoms with Crippen molar-refractivity contribution in [2.45, 2.75) is 66.0 Å². The molecule has 18 heavy (non-hydrogen) atoms. The summed E-state index contributed by atoms with van der Waals surface area (Å²) in [5.74, 6) is 0. The zero-order chi connectivity index (χ0) is 13.5. The quantitative estimate of drug-likeness (QED) is 0.872. The Morgan fingerprint density at radius 3 is 2.44 bits per heavy atom. The lowest BCUT2D eigenvalue weighted by molar-refractivity contribution is 0.111. The van der Waals surface area contributed by atoms with Crippen LogP contribution in [0.4, 0.5) is 0 Å². The zero-order valence-corrected chi connectivity index (χ0v) is 12.7. The van der Waals surface area contributed by atoms with Gasteiger partial charge in [-0.2, -0.15) is 5.10 Å². The molecule has 1 aromatic rings. The normalized spacial score (nSPS) is 27.4. The van der Waals surface area contributed by atoms with Gasteiger partial charge in [-0.05, 0) is 51.6 Å². The number of rotatable bonds is 2. The van der Waals surface area contributed by atoms with Gasteiger partial charge < -0.3 is 5.32 Å². The largest absolute Gasteiger partial charge is 0.314 e. The van der Waals surface area contributed by atoms with E-state index in [4.69, 9.17) is 5.10 Å². The second-order valence-corrected chi connectivity index (χ2v) is 6.45. The van der Waals surface area contributed by atoms with Crippen LogP contribution in [0.2, 0.25) is 0 Å². The van der Waals surface area contributed by atoms with E-state index in [1.54, 1.807) is 0 Å². The Morgan fingerprint density at radius 2 is 1.94 bits per heavy atom. The van der Waals surface area contributed by atoms with Gasteiger partial charge in [0.15, 0.2) is 0 Å². The van der Waals surface area contributed by atoms with Crippen LogP contribution in [-0.4, -0.2) is 22.9 Å². The highest BCUT2D eigenvalue weighted by Gasteiger charge is 2.39. The van der Waals surface area contributed by atoms with E-state index >= 15 is 0 Å². The summed E-state index contributed by atoms with van der Waals surface area (Å²) in [5, 5.41) is 8.31. The van der Waals surface area contributed by atoms with E-state index in [1.165, 1.54) is 36.2 Å². The number of hydrogen-bond acceptors (Lipinski definition) is 2. The SMILES string of the molecule is CNC1C(n2nc(C)c(C)c2C)CCCC1(C)C. The van der Waals surface area contributed by atoms with Crippen molar-refractivity contribution >= 4 is 0 Å². The van der Waals surface area contributed by atoms with Crippen LogP contribution in [-0.2, 0) is 0 Å². The molecule has 2 rings (SSSR count). The van der Waals surface area contributed by atoms with Gasteiger partial charge in [0, 0.05) is 11.7 Å². The van der Waals surface area contributed by atoms with Crippen LogP contribution in [0.15, 0.2) is 0 Å². The van der Waals surface area contributed by atoms with Crippen molar-refractivity contribution in [3.8, 4) is 0 Å². The molecule has 0 aromatic carbocycles. The molecule has 1 heterocycles. The first-order valence-electron chi connectivity index (χ1n) is 7.08. The van der Waals surface area contributed by atoms with Crippen molar-refractivity contribution in [3.05, 3.63) is 17.0 Å². The maximum atomic E-state index is 4.77. The van der Waals surface area contributed by atoms with Crippen molar-refractivity contribution < 1.29 is 0 Å². The van der Waals surface area contributed by atoms with Gasteiger partial charge in [0.05, 0.1) is 11.7 Å². The van der Waals surface area contributed by atoms with Gasteiger partial charge in [0.1, 0.15) is 0 Å². The van der Waals surface area contributed by atoms with Gasteiger partial charge in [-0.1, -0.05) is 20.3 Å². The van der Waals surface area contributed by atoms with Crippen LogP contribution in [0, 0.1) is 26.2 Å². The van der Waals surface area contributed by atoms with Crippen molar-refractivity contribution in [2.24, 2.45) is 5.41 Å². The van der Waals surface area contributed by atoms with E-state index in [9.17, 15) is 0 Å². The molecule has 0 spiro atoms. The number of likely N-dealkylation sites (N-methyl/N-ethyl adjacent to an activating group) is 1. The molecule has 1 aliphatic carbocycles. The summed E-state index contributed by atoms with van der Waals surface area (Å²) in [6, 6.07) is 0.995. The lowest BCUT2D eigenvalue weighted by Gasteiger charge is -2.44. The molecular weight excluding hydrogens is 222 g/mol. The Hall–Kier alpha value is -0.830. The van der Waals surface area contributed by atoms with E-state index in [0.29, 0.717) is 17.5 Å². The molecular formula is C15H27N3. The van der Waals surface area contributed by atoms with E-state index in [0.717, 1.165) is 0 Å². The number of nitrogens with zero attached hydrogens (tertiary/aromatic N) is 2. The molecule has 3 nitrogen and oxygen atoms in total. The zero-order valence-electron chi connectivity index (χ0n) is 12.7. The number of aryl methyl sites for hydroxylation is 1. The van der Waals surface area contributed by atoms with Crippen molar-refractivity contribution in [1.82, 2.24) is 15.1 Å². The molecule has 1 N–H and O–H groups in total. The minimum Gasteiger partial charge on any atom is -0.314 e. The summed E-state index contributed by atoms with van der Waals surface area (Å²) in [6.45, 7) is 11.2. The molecule has 3 heteroatoms. The van der Waals surface area contributed by atoms with Crippen molar-refractivity contribution in [2.75, 3.05) is 7.05 Å². The van der Waals surface area contributed by atoms with Crippen LogP contribution in [0.3, 0.4) is 0 Å². The minimum absolute atomic E-state index is 0.345. The number of nitrogens with one attached hydrogen (secondary N) is 1. The third kappa shape index (κ3) is 2.09. The van der Waals surface area contributed by atoms with E-state index in [1.807, 2.05) is 0 Å². The molecule has 0 saturated heterocycles. The molecule has 1 aromatic heterocycles. The van der Waals surface area contributed by atoms with Crippen LogP contribution in [0.5, 0.6) is 0 Å². The van der Waals surface area contributed by atoms with Gasteiger partial charge in [-0.25, -0.2) is 0 Å². The summed E-state index contributed by atoms with van der Waals surface area (Å²) in [5.41, 5.74) is 4.19. The molecule has 0 amide bonds. The smallest absolute Gasteiger partial charge is 0.0680 e. The molecule has 0 bridgehead atoms. The fraction of sp³-hybridized carbons (Fsp3) is 0.800. The average Bonchev–Trinajstić information content (AvgIpc) is 2.55. The summed E-state index contributed by atoms with van der Waals surface area (Å²) < 4.78 is 2.27. The monoisotopic (exact) mass is 249 g/mol. The van der Waals surface area contributed by atoms with Gasteiger partial charge in [-0.3, -0.25) is 4.68 Å². The summed E-state index contributed by atoms with van der Waals surface area (Å²) in [6.07, 6.45) is 3.83. The highest BCUT2D eigenvalue weighted by molar-refractivity contribution is 5.23. The highest BCUT2D eigenvalue weighted by Crippen LogP contribution is 2.41. The Balaban J connectivity index is 2.39. The summed E-state index contributed by atoms with van der Waals surface area (Å²) in [7, 11) is 2.09. The molecule has 0 radical (unpaired) electrons. The maximum absolute atomic E-state index is 4.77. The molecule has 1 aliphatic rings. The van der Waals surface area contributed by atoms with Crippen LogP contribution in [0.1, 0.15) is 56.1 Å². The average molecular weight is 249 g/mol. The Bertz CT molecular complexity index is 431. The van der Waals surface area contributed by atoms with Crippen molar-refractivity contribution in [3.63, 3.8) is 0 Å². The van der Waals surface area contributed by atoms with Crippen LogP contribution >= 0.6 is 0 Å². The van der Waals surface area contributed by atoms with E-state index in [-0.39, 0.29) is 0 Å². The predicted molar refractivity (Wildman–Crippen MR) is 76.0 cm³/mol. The highest BCUT2D eigenvalue weighted by atomic mass is 15.3. The van der Waals surface area contributed by atoms with Crippen LogP contribution < -0.4 is 5.32 Å². The molecule has 2 unspecified atom stereocenters. The minimum atomic E-state index is 0.345. The molecule has 1 saturated carbocycles. The lowest BCUT2D eigenvalue weighted by Crippen LogP contribution is -2.49. The lowest BCUT2D eigenvalue weighted by atomic mass is 9.71. The summed E-state index contributed by atoms with van der Waals surface area (Å²) >= 11 is 0. The standard InChI is InChI=1S/C15H27N3/c1-10-11(2)17-18(12(10)3)13-8-7-9-15(4,5)14(13)16-6/h13-14,16H,7-9H2,1-6H3. The first-order valence-corrected chi connectivity index (χ1v) is 7.08. The first-order chi connectivity index (χ1) is 8.38. The molecule has 102 valence electrons. The second kappa shape index (κ2) is 4.69. The first kappa shape index (κ1) is 13.6. The number of aromatic nitrogens is 2. The Labute approximate surface area is 111 Å². The molecule has 0 aliphatic heterocycles. The third-order valence-corrected chi connectivity index (χ3v) is 4.86. The van der Waals surface area contributed by atoms with Crippen LogP contribution in [0.25, 0.3) is 0 Å². The van der Waals surface area contributed by atoms with Gasteiger partial charge in [-0.15, -0.1) is 0 Å². The maximum Gasteiger partial charge on any atom is 0.0680 e. The second-order valence-electron chi connectivity index (χ2n) is 6.45. The van der Waals surface area contributed by atoms with Gasteiger partial charge in [0.25, 0.3) is 0 Å². The molecule has 1 fully saturated rings. The van der Waals surface area contributed by atoms with E-state index in [2.05, 4.69) is 51.7 Å². The Kier molecular flexibility index (Phi) is 3.54. The van der Waals surface area contributed by atoms with Gasteiger partial charge >= 0.3 is 0 Å². The third-order valence-electron chi connectivity index (χ3n) is 4.86. The predicted octanol–water partition coefficient (Wildman–Crippen LogP) is 3.15.